The molecule has 0 bridgehead atoms. The summed E-state index contributed by atoms with van der Waals surface area (Å²) in [6.45, 7) is 0. The number of benzene rings is 2. The zero-order valence-corrected chi connectivity index (χ0v) is 15.8. The van der Waals surface area contributed by atoms with Gasteiger partial charge in [-0.25, -0.2) is 0 Å². The number of nitriles is 1. The van der Waals surface area contributed by atoms with Crippen molar-refractivity contribution in [2.45, 2.75) is 50.4 Å². The number of carbonyl (C=O) groups is 1. The van der Waals surface area contributed by atoms with Gasteiger partial charge >= 0.3 is 6.18 Å². The number of halogens is 3. The van der Waals surface area contributed by atoms with Crippen molar-refractivity contribution in [3.63, 3.8) is 0 Å². The van der Waals surface area contributed by atoms with Gasteiger partial charge in [-0.15, -0.1) is 0 Å². The van der Waals surface area contributed by atoms with E-state index in [0.29, 0.717) is 11.1 Å². The van der Waals surface area contributed by atoms with Crippen LogP contribution in [0.15, 0.2) is 48.5 Å². The number of carbonyl (C=O) groups excluding carboxylic acids is 1. The molecule has 0 aliphatic heterocycles. The largest absolute Gasteiger partial charge is 0.416 e. The SMILES string of the molecule is N#Cc1cccc(C(Nc2cccc(C(F)(F)F)c2)C(=O)NC2CCCCC2)c1. The van der Waals surface area contributed by atoms with Crippen molar-refractivity contribution in [1.82, 2.24) is 5.32 Å². The lowest BCUT2D eigenvalue weighted by Crippen LogP contribution is -2.41. The van der Waals surface area contributed by atoms with Crippen molar-refractivity contribution in [2.75, 3.05) is 5.32 Å². The van der Waals surface area contributed by atoms with Crippen LogP contribution in [0.1, 0.15) is 54.8 Å². The molecule has 1 unspecified atom stereocenters. The van der Waals surface area contributed by atoms with E-state index in [2.05, 4.69) is 10.6 Å². The van der Waals surface area contributed by atoms with Crippen LogP contribution in [-0.2, 0) is 11.0 Å². The molecular formula is C22H22F3N3O. The fourth-order valence-electron chi connectivity index (χ4n) is 3.57. The van der Waals surface area contributed by atoms with Crippen LogP contribution in [0.25, 0.3) is 0 Å². The average molecular weight is 401 g/mol. The van der Waals surface area contributed by atoms with Gasteiger partial charge in [-0.05, 0) is 48.7 Å². The van der Waals surface area contributed by atoms with Gasteiger partial charge in [-0.3, -0.25) is 4.79 Å². The molecule has 152 valence electrons. The fraction of sp³-hybridized carbons (Fsp3) is 0.364. The van der Waals surface area contributed by atoms with Crippen molar-refractivity contribution < 1.29 is 18.0 Å². The van der Waals surface area contributed by atoms with Crippen LogP contribution in [-0.4, -0.2) is 11.9 Å². The zero-order chi connectivity index (χ0) is 20.9. The van der Waals surface area contributed by atoms with Crippen molar-refractivity contribution in [3.8, 4) is 6.07 Å². The van der Waals surface area contributed by atoms with Gasteiger partial charge in [-0.1, -0.05) is 37.5 Å². The second-order valence-electron chi connectivity index (χ2n) is 7.24. The lowest BCUT2D eigenvalue weighted by molar-refractivity contribution is -0.137. The van der Waals surface area contributed by atoms with Gasteiger partial charge < -0.3 is 10.6 Å². The van der Waals surface area contributed by atoms with Crippen LogP contribution in [0.3, 0.4) is 0 Å². The molecule has 1 saturated carbocycles. The number of nitrogens with zero attached hydrogens (tertiary/aromatic N) is 1. The number of nitrogens with one attached hydrogen (secondary N) is 2. The van der Waals surface area contributed by atoms with Gasteiger partial charge in [0.15, 0.2) is 0 Å². The van der Waals surface area contributed by atoms with Crippen molar-refractivity contribution in [2.24, 2.45) is 0 Å². The maximum atomic E-state index is 13.1. The highest BCUT2D eigenvalue weighted by Gasteiger charge is 2.31. The molecule has 0 spiro atoms. The minimum atomic E-state index is -4.47. The molecule has 2 aromatic rings. The third-order valence-corrected chi connectivity index (χ3v) is 5.06. The zero-order valence-electron chi connectivity index (χ0n) is 15.8. The standard InChI is InChI=1S/C22H22F3N3O/c23-22(24,25)17-8-5-11-19(13-17)27-20(16-7-4-6-15(12-16)14-26)21(29)28-18-9-2-1-3-10-18/h4-8,11-13,18,20,27H,1-3,9-10H2,(H,28,29). The molecule has 0 heterocycles. The molecule has 4 nitrogen and oxygen atoms in total. The highest BCUT2D eigenvalue weighted by Crippen LogP contribution is 2.32. The molecule has 3 rings (SSSR count). The molecular weight excluding hydrogens is 379 g/mol. The Hall–Kier alpha value is -3.01. The van der Waals surface area contributed by atoms with Gasteiger partial charge in [0.1, 0.15) is 6.04 Å². The molecule has 2 aromatic carbocycles. The monoisotopic (exact) mass is 401 g/mol. The van der Waals surface area contributed by atoms with Crippen LogP contribution in [0.5, 0.6) is 0 Å². The van der Waals surface area contributed by atoms with E-state index in [1.54, 1.807) is 24.3 Å². The van der Waals surface area contributed by atoms with Gasteiger partial charge in [-0.2, -0.15) is 18.4 Å². The maximum absolute atomic E-state index is 13.1. The van der Waals surface area contributed by atoms with Crippen LogP contribution in [0.2, 0.25) is 0 Å². The molecule has 1 amide bonds. The Morgan fingerprint density at radius 3 is 2.48 bits per heavy atom. The minimum absolute atomic E-state index is 0.0567. The summed E-state index contributed by atoms with van der Waals surface area (Å²) in [6.07, 6.45) is 0.530. The third-order valence-electron chi connectivity index (χ3n) is 5.06. The highest BCUT2D eigenvalue weighted by molar-refractivity contribution is 5.86. The van der Waals surface area contributed by atoms with Crippen molar-refractivity contribution in [3.05, 3.63) is 65.2 Å². The summed E-state index contributed by atoms with van der Waals surface area (Å²) >= 11 is 0. The number of hydrogen-bond donors (Lipinski definition) is 2. The van der Waals surface area contributed by atoms with E-state index in [4.69, 9.17) is 5.26 Å². The summed E-state index contributed by atoms with van der Waals surface area (Å²) in [4.78, 5) is 13.0. The molecule has 0 radical (unpaired) electrons. The summed E-state index contributed by atoms with van der Waals surface area (Å²) in [5.74, 6) is -0.315. The first kappa shape index (κ1) is 20.7. The Balaban J connectivity index is 1.88. The third kappa shape index (κ3) is 5.50. The van der Waals surface area contributed by atoms with Gasteiger partial charge in [0.2, 0.25) is 5.91 Å². The summed E-state index contributed by atoms with van der Waals surface area (Å²) in [7, 11) is 0. The smallest absolute Gasteiger partial charge is 0.370 e. The number of amides is 1. The number of hydrogen-bond acceptors (Lipinski definition) is 3. The molecule has 7 heteroatoms. The summed E-state index contributed by atoms with van der Waals surface area (Å²) < 4.78 is 39.2. The Labute approximate surface area is 167 Å². The molecule has 0 saturated heterocycles. The lowest BCUT2D eigenvalue weighted by Gasteiger charge is -2.27. The first-order valence-electron chi connectivity index (χ1n) is 9.61. The summed E-state index contributed by atoms with van der Waals surface area (Å²) in [5.41, 5.74) is 0.296. The predicted octanol–water partition coefficient (Wildman–Crippen LogP) is 5.18. The van der Waals surface area contributed by atoms with E-state index < -0.39 is 17.8 Å². The van der Waals surface area contributed by atoms with E-state index >= 15 is 0 Å². The number of anilines is 1. The average Bonchev–Trinajstić information content (AvgIpc) is 2.72. The summed E-state index contributed by atoms with van der Waals surface area (Å²) in [6, 6.07) is 12.5. The normalized spacial score (nSPS) is 15.9. The van der Waals surface area contributed by atoms with Gasteiger partial charge in [0, 0.05) is 11.7 Å². The quantitative estimate of drug-likeness (QED) is 0.726. The second kappa shape index (κ2) is 8.99. The van der Waals surface area contributed by atoms with Crippen molar-refractivity contribution in [1.29, 1.82) is 5.26 Å². The molecule has 29 heavy (non-hydrogen) atoms. The van der Waals surface area contributed by atoms with Crippen LogP contribution in [0, 0.1) is 11.3 Å². The molecule has 2 N–H and O–H groups in total. The van der Waals surface area contributed by atoms with Gasteiger partial charge in [0.25, 0.3) is 0 Å². The Kier molecular flexibility index (Phi) is 6.42. The molecule has 1 fully saturated rings. The Morgan fingerprint density at radius 2 is 1.79 bits per heavy atom. The predicted molar refractivity (Wildman–Crippen MR) is 104 cm³/mol. The highest BCUT2D eigenvalue weighted by atomic mass is 19.4. The molecule has 1 atom stereocenters. The summed E-state index contributed by atoms with van der Waals surface area (Å²) in [5, 5.41) is 15.1. The Bertz CT molecular complexity index is 899. The second-order valence-corrected chi connectivity index (χ2v) is 7.24. The maximum Gasteiger partial charge on any atom is 0.416 e. The molecule has 0 aromatic heterocycles. The van der Waals surface area contributed by atoms with E-state index in [1.807, 2.05) is 6.07 Å². The van der Waals surface area contributed by atoms with E-state index in [9.17, 15) is 18.0 Å². The molecule has 1 aliphatic carbocycles. The fourth-order valence-corrected chi connectivity index (χ4v) is 3.57. The van der Waals surface area contributed by atoms with Crippen LogP contribution < -0.4 is 10.6 Å². The van der Waals surface area contributed by atoms with Gasteiger partial charge in [0.05, 0.1) is 17.2 Å². The van der Waals surface area contributed by atoms with Crippen LogP contribution in [0.4, 0.5) is 18.9 Å². The van der Waals surface area contributed by atoms with E-state index in [1.165, 1.54) is 12.1 Å². The Morgan fingerprint density at radius 1 is 1.07 bits per heavy atom. The lowest BCUT2D eigenvalue weighted by atomic mass is 9.94. The van der Waals surface area contributed by atoms with Crippen molar-refractivity contribution >= 4 is 11.6 Å². The minimum Gasteiger partial charge on any atom is -0.370 e. The first-order valence-corrected chi connectivity index (χ1v) is 9.61. The topological polar surface area (TPSA) is 64.9 Å². The number of rotatable bonds is 5. The van der Waals surface area contributed by atoms with Crippen LogP contribution >= 0.6 is 0 Å². The first-order chi connectivity index (χ1) is 13.9. The van der Waals surface area contributed by atoms with E-state index in [0.717, 1.165) is 44.2 Å². The number of alkyl halides is 3. The van der Waals surface area contributed by atoms with E-state index in [-0.39, 0.29) is 17.6 Å². The molecule has 1 aliphatic rings.